The molecule has 1 atom stereocenters. The lowest BCUT2D eigenvalue weighted by Gasteiger charge is -2.22. The Morgan fingerprint density at radius 2 is 1.81 bits per heavy atom. The summed E-state index contributed by atoms with van der Waals surface area (Å²) in [6, 6.07) is 28.0. The summed E-state index contributed by atoms with van der Waals surface area (Å²) >= 11 is 0. The van der Waals surface area contributed by atoms with Gasteiger partial charge in [-0.3, -0.25) is 10.1 Å². The van der Waals surface area contributed by atoms with Gasteiger partial charge in [0, 0.05) is 23.4 Å². The zero-order valence-electron chi connectivity index (χ0n) is 18.3. The van der Waals surface area contributed by atoms with Crippen molar-refractivity contribution in [3.05, 3.63) is 108 Å². The van der Waals surface area contributed by atoms with E-state index in [2.05, 4.69) is 114 Å². The maximum absolute atomic E-state index is 6.00. The van der Waals surface area contributed by atoms with E-state index in [1.165, 1.54) is 32.5 Å². The van der Waals surface area contributed by atoms with Crippen LogP contribution in [-0.4, -0.2) is 20.7 Å². The van der Waals surface area contributed by atoms with Gasteiger partial charge >= 0.3 is 0 Å². The first-order valence-electron chi connectivity index (χ1n) is 11.1. The predicted octanol–water partition coefficient (Wildman–Crippen LogP) is 4.36. The first kappa shape index (κ1) is 20.6. The molecule has 0 saturated heterocycles. The van der Waals surface area contributed by atoms with Crippen molar-refractivity contribution in [2.45, 2.75) is 19.3 Å². The molecule has 0 spiro atoms. The Bertz CT molecular complexity index is 1300. The summed E-state index contributed by atoms with van der Waals surface area (Å²) in [5.74, 6) is 0.444. The minimum absolute atomic E-state index is 0.444. The summed E-state index contributed by atoms with van der Waals surface area (Å²) in [5.41, 5.74) is 15.8. The van der Waals surface area contributed by atoms with Crippen LogP contribution < -0.4 is 21.5 Å². The van der Waals surface area contributed by atoms with Gasteiger partial charge in [0.05, 0.1) is 16.9 Å². The second-order valence-corrected chi connectivity index (χ2v) is 9.63. The first-order valence-corrected chi connectivity index (χ1v) is 12.1. The number of rotatable bonds is 6. The van der Waals surface area contributed by atoms with Crippen LogP contribution in [0.15, 0.2) is 91.0 Å². The molecule has 0 saturated carbocycles. The molecule has 4 heteroatoms. The van der Waals surface area contributed by atoms with Crippen LogP contribution in [-0.2, 0) is 0 Å². The SMILES string of the molecule is CC1CC=Cc2c1n(N/C(=C\CN)c1cccc([Si]c3ccccc3)c1)c1ccccc21. The van der Waals surface area contributed by atoms with E-state index in [-0.39, 0.29) is 0 Å². The fourth-order valence-corrected chi connectivity index (χ4v) is 5.59. The number of para-hydroxylation sites is 1. The van der Waals surface area contributed by atoms with Gasteiger partial charge < -0.3 is 5.73 Å². The molecule has 2 radical (unpaired) electrons. The molecule has 5 rings (SSSR count). The van der Waals surface area contributed by atoms with Gasteiger partial charge in [-0.1, -0.05) is 102 Å². The zero-order chi connectivity index (χ0) is 21.9. The Labute approximate surface area is 192 Å². The van der Waals surface area contributed by atoms with Crippen LogP contribution in [0.1, 0.15) is 36.1 Å². The van der Waals surface area contributed by atoms with Gasteiger partial charge in [-0.05, 0) is 24.1 Å². The molecule has 0 bridgehead atoms. The van der Waals surface area contributed by atoms with Gasteiger partial charge in [0.1, 0.15) is 9.52 Å². The maximum atomic E-state index is 6.00. The van der Waals surface area contributed by atoms with Gasteiger partial charge in [0.2, 0.25) is 0 Å². The fraction of sp³-hybridized carbons (Fsp3) is 0.143. The number of nitrogens with one attached hydrogen (secondary N) is 1. The monoisotopic (exact) mass is 433 g/mol. The minimum atomic E-state index is 0.444. The summed E-state index contributed by atoms with van der Waals surface area (Å²) in [6.45, 7) is 2.78. The molecule has 4 aromatic rings. The molecule has 1 aromatic heterocycles. The van der Waals surface area contributed by atoms with Crippen molar-refractivity contribution in [3.8, 4) is 0 Å². The number of fused-ring (bicyclic) bond motifs is 3. The number of hydrogen-bond acceptors (Lipinski definition) is 2. The van der Waals surface area contributed by atoms with Crippen molar-refractivity contribution < 1.29 is 0 Å². The number of allylic oxidation sites excluding steroid dienone is 1. The van der Waals surface area contributed by atoms with Crippen LogP contribution >= 0.6 is 0 Å². The molecule has 3 nitrogen and oxygen atoms in total. The highest BCUT2D eigenvalue weighted by molar-refractivity contribution is 6.67. The Morgan fingerprint density at radius 1 is 1.03 bits per heavy atom. The van der Waals surface area contributed by atoms with E-state index in [4.69, 9.17) is 5.73 Å². The third kappa shape index (κ3) is 3.95. The van der Waals surface area contributed by atoms with Crippen molar-refractivity contribution in [3.63, 3.8) is 0 Å². The summed E-state index contributed by atoms with van der Waals surface area (Å²) < 4.78 is 2.27. The smallest absolute Gasteiger partial charge is 0.121 e. The third-order valence-electron chi connectivity index (χ3n) is 5.98. The van der Waals surface area contributed by atoms with Crippen molar-refractivity contribution in [1.82, 2.24) is 4.68 Å². The molecule has 1 unspecified atom stereocenters. The van der Waals surface area contributed by atoms with E-state index >= 15 is 0 Å². The van der Waals surface area contributed by atoms with E-state index in [0.29, 0.717) is 22.0 Å². The topological polar surface area (TPSA) is 43.0 Å². The predicted molar refractivity (Wildman–Crippen MR) is 138 cm³/mol. The Kier molecular flexibility index (Phi) is 5.80. The summed E-state index contributed by atoms with van der Waals surface area (Å²) in [7, 11) is 0.625. The van der Waals surface area contributed by atoms with Crippen LogP contribution in [0.3, 0.4) is 0 Å². The Balaban J connectivity index is 1.54. The quantitative estimate of drug-likeness (QED) is 0.444. The molecule has 0 aliphatic heterocycles. The van der Waals surface area contributed by atoms with Crippen molar-refractivity contribution >= 4 is 42.6 Å². The van der Waals surface area contributed by atoms with Gasteiger partial charge in [0.15, 0.2) is 0 Å². The largest absolute Gasteiger partial charge is 0.327 e. The van der Waals surface area contributed by atoms with Crippen molar-refractivity contribution in [2.75, 3.05) is 12.0 Å². The Hall–Kier alpha value is -3.34. The lowest BCUT2D eigenvalue weighted by molar-refractivity contribution is 0.708. The number of benzene rings is 3. The molecule has 3 aromatic carbocycles. The summed E-state index contributed by atoms with van der Waals surface area (Å²) in [4.78, 5) is 0. The maximum Gasteiger partial charge on any atom is 0.121 e. The minimum Gasteiger partial charge on any atom is -0.327 e. The van der Waals surface area contributed by atoms with E-state index in [0.717, 1.165) is 17.7 Å². The molecule has 0 amide bonds. The van der Waals surface area contributed by atoms with Crippen molar-refractivity contribution in [1.29, 1.82) is 0 Å². The molecule has 32 heavy (non-hydrogen) atoms. The molecular weight excluding hydrogens is 406 g/mol. The number of aromatic nitrogens is 1. The van der Waals surface area contributed by atoms with E-state index < -0.39 is 0 Å². The molecule has 1 heterocycles. The van der Waals surface area contributed by atoms with Crippen LogP contribution in [0, 0.1) is 0 Å². The highest BCUT2D eigenvalue weighted by Crippen LogP contribution is 2.37. The standard InChI is InChI=1S/C28H27N3Si/c1-20-9-7-15-25-24-14-5-6-16-27(24)31(28(20)25)30-26(17-18-29)21-10-8-13-23(19-21)32-22-11-3-2-4-12-22/h2-8,10-17,19-20,30H,9,18,29H2,1H3/b26-17-. The second-order valence-electron chi connectivity index (χ2n) is 8.23. The summed E-state index contributed by atoms with van der Waals surface area (Å²) in [6.07, 6.45) is 7.68. The third-order valence-corrected chi connectivity index (χ3v) is 7.20. The molecule has 1 aliphatic carbocycles. The van der Waals surface area contributed by atoms with Gasteiger partial charge in [0.25, 0.3) is 0 Å². The molecule has 158 valence electrons. The average molecular weight is 434 g/mol. The van der Waals surface area contributed by atoms with Crippen LogP contribution in [0.25, 0.3) is 22.7 Å². The molecule has 0 fully saturated rings. The lowest BCUT2D eigenvalue weighted by atomic mass is 9.93. The van der Waals surface area contributed by atoms with Crippen LogP contribution in [0.5, 0.6) is 0 Å². The van der Waals surface area contributed by atoms with E-state index in [1.807, 2.05) is 0 Å². The van der Waals surface area contributed by atoms with Crippen LogP contribution in [0.4, 0.5) is 0 Å². The number of nitrogens with two attached hydrogens (primary N) is 1. The van der Waals surface area contributed by atoms with E-state index in [1.54, 1.807) is 0 Å². The molecular formula is C28H27N3Si. The highest BCUT2D eigenvalue weighted by atomic mass is 28.2. The second kappa shape index (κ2) is 9.03. The van der Waals surface area contributed by atoms with Gasteiger partial charge in [-0.15, -0.1) is 0 Å². The number of hydrogen-bond donors (Lipinski definition) is 2. The van der Waals surface area contributed by atoms with Crippen molar-refractivity contribution in [2.24, 2.45) is 5.73 Å². The zero-order valence-corrected chi connectivity index (χ0v) is 19.3. The Morgan fingerprint density at radius 3 is 2.66 bits per heavy atom. The van der Waals surface area contributed by atoms with Crippen LogP contribution in [0.2, 0.25) is 0 Å². The molecule has 3 N–H and O–H groups in total. The molecule has 1 aliphatic rings. The van der Waals surface area contributed by atoms with Gasteiger partial charge in [-0.25, -0.2) is 0 Å². The first-order chi connectivity index (χ1) is 15.7. The lowest BCUT2D eigenvalue weighted by Crippen LogP contribution is -2.27. The van der Waals surface area contributed by atoms with Gasteiger partial charge in [-0.2, -0.15) is 0 Å². The van der Waals surface area contributed by atoms with E-state index in [9.17, 15) is 0 Å². The number of nitrogens with zero attached hydrogens (tertiary/aromatic N) is 1. The normalized spacial score (nSPS) is 15.7. The average Bonchev–Trinajstić information content (AvgIpc) is 3.15. The fourth-order valence-electron chi connectivity index (χ4n) is 4.49. The summed E-state index contributed by atoms with van der Waals surface area (Å²) in [5, 5.41) is 3.94. The highest BCUT2D eigenvalue weighted by Gasteiger charge is 2.23.